The van der Waals surface area contributed by atoms with Crippen LogP contribution >= 0.6 is 7.82 Å². The summed E-state index contributed by atoms with van der Waals surface area (Å²) in [6.07, 6.45) is 23.8. The molecule has 9 heteroatoms. The van der Waals surface area contributed by atoms with Gasteiger partial charge in [-0.15, -0.1) is 0 Å². The SMILES string of the molecule is CCCCCCCCCCCCCCCCCCOCC(COP(=O)([O-])OC1(C)C[n+]2cccc1c2)OC(C)=O. The molecule has 0 spiro atoms. The third-order valence-corrected chi connectivity index (χ3v) is 8.56. The standard InChI is InChI=1S/C31H54NO7P/c1-4-5-6-7-8-9-10-11-12-13-14-15-16-17-18-19-23-36-25-30(38-28(2)33)26-37-40(34,35)39-31(3)27-32-22-20-21-29(31)24-32/h20-22,24,30H,4-19,23,25-27H2,1-3H3. The predicted molar refractivity (Wildman–Crippen MR) is 155 cm³/mol. The van der Waals surface area contributed by atoms with Gasteiger partial charge in [-0.2, -0.15) is 0 Å². The topological polar surface area (TPSA) is 98.0 Å². The fourth-order valence-electron chi connectivity index (χ4n) is 5.22. The molecule has 0 saturated carbocycles. The van der Waals surface area contributed by atoms with Crippen molar-refractivity contribution in [2.75, 3.05) is 19.8 Å². The number of pyridine rings is 1. The monoisotopic (exact) mass is 583 g/mol. The van der Waals surface area contributed by atoms with Gasteiger partial charge in [-0.25, -0.2) is 4.57 Å². The van der Waals surface area contributed by atoms with Crippen molar-refractivity contribution in [3.05, 3.63) is 30.1 Å². The molecule has 0 fully saturated rings. The van der Waals surface area contributed by atoms with E-state index in [2.05, 4.69) is 6.92 Å². The minimum absolute atomic E-state index is 0.0756. The molecule has 2 heterocycles. The summed E-state index contributed by atoms with van der Waals surface area (Å²) in [7, 11) is -4.64. The normalized spacial score (nSPS) is 18.5. The van der Waals surface area contributed by atoms with Crippen LogP contribution in [0.15, 0.2) is 24.5 Å². The van der Waals surface area contributed by atoms with Crippen LogP contribution < -0.4 is 9.46 Å². The van der Waals surface area contributed by atoms with Gasteiger partial charge in [-0.3, -0.25) is 9.36 Å². The van der Waals surface area contributed by atoms with Crippen molar-refractivity contribution in [3.8, 4) is 0 Å². The summed E-state index contributed by atoms with van der Waals surface area (Å²) in [6, 6.07) is 3.66. The minimum Gasteiger partial charge on any atom is -0.756 e. The van der Waals surface area contributed by atoms with E-state index in [-0.39, 0.29) is 13.2 Å². The van der Waals surface area contributed by atoms with Crippen LogP contribution in [0.2, 0.25) is 0 Å². The van der Waals surface area contributed by atoms with Crippen LogP contribution in [0.3, 0.4) is 0 Å². The summed E-state index contributed by atoms with van der Waals surface area (Å²) in [5.41, 5.74) is -0.269. The summed E-state index contributed by atoms with van der Waals surface area (Å²) in [6.45, 7) is 5.89. The zero-order chi connectivity index (χ0) is 29.1. The van der Waals surface area contributed by atoms with Crippen molar-refractivity contribution in [2.45, 2.75) is 142 Å². The molecular weight excluding hydrogens is 529 g/mol. The summed E-state index contributed by atoms with van der Waals surface area (Å²) in [4.78, 5) is 24.0. The summed E-state index contributed by atoms with van der Waals surface area (Å²) < 4.78 is 35.8. The quantitative estimate of drug-likeness (QED) is 0.0534. The van der Waals surface area contributed by atoms with Gasteiger partial charge in [0.15, 0.2) is 24.5 Å². The fourth-order valence-corrected chi connectivity index (χ4v) is 6.28. The highest BCUT2D eigenvalue weighted by Crippen LogP contribution is 2.47. The second-order valence-electron chi connectivity index (χ2n) is 11.4. The largest absolute Gasteiger partial charge is 0.756 e. The van der Waals surface area contributed by atoms with Crippen molar-refractivity contribution in [3.63, 3.8) is 0 Å². The molecule has 0 aliphatic carbocycles. The smallest absolute Gasteiger partial charge is 0.303 e. The Bertz CT molecular complexity index is 883. The Morgan fingerprint density at radius 2 is 1.50 bits per heavy atom. The van der Waals surface area contributed by atoms with Crippen molar-refractivity contribution in [1.29, 1.82) is 0 Å². The number of aromatic nitrogens is 1. The second-order valence-corrected chi connectivity index (χ2v) is 12.8. The molecule has 0 aromatic carbocycles. The number of hydrogen-bond acceptors (Lipinski definition) is 7. The number of carbonyl (C=O) groups is 1. The molecule has 2 bridgehead atoms. The molecule has 230 valence electrons. The third-order valence-electron chi connectivity index (χ3n) is 7.46. The number of nitrogens with zero attached hydrogens (tertiary/aromatic N) is 1. The van der Waals surface area contributed by atoms with E-state index in [0.29, 0.717) is 13.2 Å². The van der Waals surface area contributed by atoms with Gasteiger partial charge >= 0.3 is 5.97 Å². The van der Waals surface area contributed by atoms with Crippen LogP contribution in [0, 0.1) is 0 Å². The highest BCUT2D eigenvalue weighted by Gasteiger charge is 2.42. The number of unbranched alkanes of at least 4 members (excludes halogenated alkanes) is 15. The van der Waals surface area contributed by atoms with E-state index < -0.39 is 25.5 Å². The number of carbonyl (C=O) groups excluding carboxylic acids is 1. The van der Waals surface area contributed by atoms with Gasteiger partial charge in [0, 0.05) is 19.6 Å². The lowest BCUT2D eigenvalue weighted by molar-refractivity contribution is -0.699. The molecule has 3 unspecified atom stereocenters. The van der Waals surface area contributed by atoms with E-state index in [9.17, 15) is 14.3 Å². The van der Waals surface area contributed by atoms with E-state index in [4.69, 9.17) is 18.5 Å². The fraction of sp³-hybridized carbons (Fsp3) is 0.806. The molecule has 3 atom stereocenters. The molecule has 1 aliphatic rings. The number of phosphoric acid groups is 1. The number of hydrogen-bond donors (Lipinski definition) is 0. The summed E-state index contributed by atoms with van der Waals surface area (Å²) in [5.74, 6) is -0.517. The Kier molecular flexibility index (Phi) is 17.2. The maximum Gasteiger partial charge on any atom is 0.303 e. The van der Waals surface area contributed by atoms with Gasteiger partial charge in [0.05, 0.1) is 18.8 Å². The van der Waals surface area contributed by atoms with Crippen LogP contribution in [0.1, 0.15) is 129 Å². The van der Waals surface area contributed by atoms with Crippen LogP contribution in [0.25, 0.3) is 0 Å². The molecule has 2 rings (SSSR count). The highest BCUT2D eigenvalue weighted by atomic mass is 31.2. The maximum atomic E-state index is 12.5. The van der Waals surface area contributed by atoms with Crippen molar-refractivity contribution >= 4 is 13.8 Å². The molecule has 0 radical (unpaired) electrons. The van der Waals surface area contributed by atoms with Gasteiger partial charge in [0.1, 0.15) is 6.10 Å². The van der Waals surface area contributed by atoms with Gasteiger partial charge in [0.2, 0.25) is 0 Å². The van der Waals surface area contributed by atoms with E-state index >= 15 is 0 Å². The Labute approximate surface area is 242 Å². The number of esters is 1. The van der Waals surface area contributed by atoms with Crippen LogP contribution in [-0.4, -0.2) is 31.9 Å². The van der Waals surface area contributed by atoms with Gasteiger partial charge in [-0.1, -0.05) is 103 Å². The molecule has 40 heavy (non-hydrogen) atoms. The minimum atomic E-state index is -4.64. The molecule has 1 aliphatic heterocycles. The first-order valence-electron chi connectivity index (χ1n) is 15.6. The molecule has 0 saturated heterocycles. The van der Waals surface area contributed by atoms with Crippen molar-refractivity contribution in [2.24, 2.45) is 0 Å². The molecule has 0 N–H and O–H groups in total. The molecule has 1 aromatic heterocycles. The first kappa shape index (κ1) is 34.9. The van der Waals surface area contributed by atoms with Crippen LogP contribution in [-0.2, 0) is 40.0 Å². The Hall–Kier alpha value is -1.31. The predicted octanol–water partition coefficient (Wildman–Crippen LogP) is 6.91. The van der Waals surface area contributed by atoms with Gasteiger partial charge < -0.3 is 23.4 Å². The first-order valence-corrected chi connectivity index (χ1v) is 17.1. The van der Waals surface area contributed by atoms with E-state index in [0.717, 1.165) is 18.4 Å². The number of phosphoric ester groups is 1. The number of fused-ring (bicyclic) bond motifs is 2. The lowest BCUT2D eigenvalue weighted by Gasteiger charge is -2.32. The Morgan fingerprint density at radius 1 is 0.950 bits per heavy atom. The van der Waals surface area contributed by atoms with Gasteiger partial charge in [-0.05, 0) is 19.4 Å². The lowest BCUT2D eigenvalue weighted by Crippen LogP contribution is -2.38. The summed E-state index contributed by atoms with van der Waals surface area (Å²) in [5, 5.41) is 0. The zero-order valence-corrected chi connectivity index (χ0v) is 26.2. The average Bonchev–Trinajstić information content (AvgIpc) is 3.11. The summed E-state index contributed by atoms with van der Waals surface area (Å²) >= 11 is 0. The molecular formula is C31H54NO7P. The second kappa shape index (κ2) is 19.7. The average molecular weight is 584 g/mol. The van der Waals surface area contributed by atoms with E-state index in [1.54, 1.807) is 6.92 Å². The van der Waals surface area contributed by atoms with E-state index in [1.165, 1.54) is 96.8 Å². The van der Waals surface area contributed by atoms with Gasteiger partial charge in [0.25, 0.3) is 7.82 Å². The van der Waals surface area contributed by atoms with Crippen molar-refractivity contribution < 1.29 is 37.3 Å². The molecule has 8 nitrogen and oxygen atoms in total. The Balaban J connectivity index is 1.48. The zero-order valence-electron chi connectivity index (χ0n) is 25.3. The van der Waals surface area contributed by atoms with Crippen molar-refractivity contribution in [1.82, 2.24) is 0 Å². The number of ether oxygens (including phenoxy) is 2. The Morgan fingerprint density at radius 3 is 2.02 bits per heavy atom. The first-order chi connectivity index (χ1) is 19.2. The van der Waals surface area contributed by atoms with E-state index in [1.807, 2.05) is 29.1 Å². The molecule has 1 aromatic rings. The lowest BCUT2D eigenvalue weighted by atomic mass is 10.0. The highest BCUT2D eigenvalue weighted by molar-refractivity contribution is 7.45. The molecule has 0 amide bonds. The van der Waals surface area contributed by atoms with Crippen LogP contribution in [0.4, 0.5) is 0 Å². The third kappa shape index (κ3) is 15.1. The maximum absolute atomic E-state index is 12.5. The van der Waals surface area contributed by atoms with Crippen LogP contribution in [0.5, 0.6) is 0 Å². The number of rotatable bonds is 25.